The van der Waals surface area contributed by atoms with Crippen molar-refractivity contribution in [2.75, 3.05) is 16.8 Å². The Morgan fingerprint density at radius 2 is 1.97 bits per heavy atom. The van der Waals surface area contributed by atoms with Gasteiger partial charge in [-0.3, -0.25) is 19.4 Å². The lowest BCUT2D eigenvalue weighted by atomic mass is 10.1. The molecule has 0 saturated carbocycles. The number of benzene rings is 1. The van der Waals surface area contributed by atoms with Crippen molar-refractivity contribution in [2.45, 2.75) is 19.1 Å². The number of carbonyl (C=O) groups excluding carboxylic acids is 2. The Morgan fingerprint density at radius 1 is 1.24 bits per heavy atom. The van der Waals surface area contributed by atoms with Crippen molar-refractivity contribution in [3.8, 4) is 0 Å². The average molecular weight is 404 g/mol. The first-order valence-corrected chi connectivity index (χ1v) is 8.62. The van der Waals surface area contributed by atoms with E-state index in [-0.39, 0.29) is 29.5 Å². The quantitative estimate of drug-likeness (QED) is 0.701. The summed E-state index contributed by atoms with van der Waals surface area (Å²) in [5.41, 5.74) is 0.178. The van der Waals surface area contributed by atoms with Crippen molar-refractivity contribution in [1.29, 1.82) is 0 Å². The highest BCUT2D eigenvalue weighted by Gasteiger charge is 2.35. The summed E-state index contributed by atoms with van der Waals surface area (Å²) in [4.78, 5) is 26.7. The highest BCUT2D eigenvalue weighted by Crippen LogP contribution is 2.33. The van der Waals surface area contributed by atoms with Gasteiger partial charge in [0.25, 0.3) is 11.8 Å². The van der Waals surface area contributed by atoms with Crippen LogP contribution in [0.25, 0.3) is 0 Å². The van der Waals surface area contributed by atoms with Crippen LogP contribution < -0.4 is 10.2 Å². The van der Waals surface area contributed by atoms with Gasteiger partial charge in [0, 0.05) is 18.4 Å². The molecule has 0 fully saturated rings. The largest absolute Gasteiger partial charge is 0.416 e. The predicted octanol–water partition coefficient (Wildman–Crippen LogP) is 3.10. The molecule has 0 bridgehead atoms. The SMILES string of the molecule is C[C@H]1CN(c2ccc(C(F)(F)F)cc2)C(=O)c2c(NC(=O)c3cn[nH]c3)cnn21. The van der Waals surface area contributed by atoms with Gasteiger partial charge in [0.05, 0.1) is 35.2 Å². The molecular weight excluding hydrogens is 389 g/mol. The fourth-order valence-electron chi connectivity index (χ4n) is 3.18. The van der Waals surface area contributed by atoms with Crippen molar-refractivity contribution in [3.63, 3.8) is 0 Å². The number of anilines is 2. The Kier molecular flexibility index (Phi) is 4.36. The van der Waals surface area contributed by atoms with Gasteiger partial charge in [0.2, 0.25) is 0 Å². The summed E-state index contributed by atoms with van der Waals surface area (Å²) in [7, 11) is 0. The average Bonchev–Trinajstić information content (AvgIpc) is 3.34. The second-order valence-corrected chi connectivity index (χ2v) is 6.60. The number of alkyl halides is 3. The minimum atomic E-state index is -4.46. The van der Waals surface area contributed by atoms with Gasteiger partial charge in [-0.2, -0.15) is 23.4 Å². The van der Waals surface area contributed by atoms with Crippen LogP contribution in [-0.4, -0.2) is 38.3 Å². The Labute approximate surface area is 162 Å². The molecule has 4 rings (SSSR count). The van der Waals surface area contributed by atoms with Crippen molar-refractivity contribution >= 4 is 23.2 Å². The highest BCUT2D eigenvalue weighted by atomic mass is 19.4. The Bertz CT molecular complexity index is 1060. The number of hydrogen-bond donors (Lipinski definition) is 2. The van der Waals surface area contributed by atoms with E-state index in [9.17, 15) is 22.8 Å². The molecule has 0 radical (unpaired) electrons. The van der Waals surface area contributed by atoms with Crippen molar-refractivity contribution in [1.82, 2.24) is 20.0 Å². The van der Waals surface area contributed by atoms with Gasteiger partial charge in [-0.15, -0.1) is 0 Å². The lowest BCUT2D eigenvalue weighted by Gasteiger charge is -2.32. The number of amides is 2. The van der Waals surface area contributed by atoms with Crippen LogP contribution in [0.2, 0.25) is 0 Å². The molecule has 0 saturated heterocycles. The first-order valence-electron chi connectivity index (χ1n) is 8.62. The number of nitrogens with zero attached hydrogens (tertiary/aromatic N) is 4. The van der Waals surface area contributed by atoms with Crippen LogP contribution >= 0.6 is 0 Å². The van der Waals surface area contributed by atoms with E-state index in [1.165, 1.54) is 40.3 Å². The van der Waals surface area contributed by atoms with E-state index in [4.69, 9.17) is 0 Å². The number of carbonyl (C=O) groups is 2. The van der Waals surface area contributed by atoms with E-state index in [1.54, 1.807) is 0 Å². The predicted molar refractivity (Wildman–Crippen MR) is 96.6 cm³/mol. The van der Waals surface area contributed by atoms with Gasteiger partial charge in [0.15, 0.2) is 5.69 Å². The summed E-state index contributed by atoms with van der Waals surface area (Å²) >= 11 is 0. The molecule has 11 heteroatoms. The van der Waals surface area contributed by atoms with Crippen molar-refractivity contribution in [3.05, 3.63) is 59.7 Å². The third kappa shape index (κ3) is 3.35. The molecule has 0 spiro atoms. The fraction of sp³-hybridized carbons (Fsp3) is 0.222. The van der Waals surface area contributed by atoms with Crippen LogP contribution in [0.1, 0.15) is 39.4 Å². The van der Waals surface area contributed by atoms with Gasteiger partial charge in [-0.25, -0.2) is 0 Å². The lowest BCUT2D eigenvalue weighted by molar-refractivity contribution is -0.137. The minimum Gasteiger partial charge on any atom is -0.319 e. The normalized spacial score (nSPS) is 16.6. The summed E-state index contributed by atoms with van der Waals surface area (Å²) < 4.78 is 39.9. The first kappa shape index (κ1) is 18.7. The lowest BCUT2D eigenvalue weighted by Crippen LogP contribution is -2.43. The first-order chi connectivity index (χ1) is 13.8. The molecule has 2 N–H and O–H groups in total. The summed E-state index contributed by atoms with van der Waals surface area (Å²) in [6, 6.07) is 4.12. The third-order valence-electron chi connectivity index (χ3n) is 4.62. The second kappa shape index (κ2) is 6.76. The fourth-order valence-corrected chi connectivity index (χ4v) is 3.18. The van der Waals surface area contributed by atoms with Gasteiger partial charge in [-0.1, -0.05) is 0 Å². The summed E-state index contributed by atoms with van der Waals surface area (Å²) in [6.07, 6.45) is -0.340. The smallest absolute Gasteiger partial charge is 0.319 e. The van der Waals surface area contributed by atoms with Gasteiger partial charge >= 0.3 is 6.18 Å². The Hall–Kier alpha value is -3.63. The number of aromatic nitrogens is 4. The molecule has 1 aromatic carbocycles. The molecule has 0 unspecified atom stereocenters. The maximum atomic E-state index is 13.1. The standard InChI is InChI=1S/C18H15F3N6O2/c1-10-9-26(13-4-2-12(3-5-13)18(19,20)21)17(29)15-14(8-24-27(10)15)25-16(28)11-6-22-23-7-11/h2-8,10H,9H2,1H3,(H,22,23)(H,25,28)/t10-/m0/s1. The van der Waals surface area contributed by atoms with Crippen LogP contribution in [0, 0.1) is 0 Å². The molecule has 1 atom stereocenters. The molecule has 3 aromatic rings. The monoisotopic (exact) mass is 404 g/mol. The molecule has 2 aromatic heterocycles. The maximum absolute atomic E-state index is 13.1. The Balaban J connectivity index is 1.64. The summed E-state index contributed by atoms with van der Waals surface area (Å²) in [6.45, 7) is 2.05. The molecule has 3 heterocycles. The molecule has 1 aliphatic rings. The van der Waals surface area contributed by atoms with E-state index in [1.807, 2.05) is 6.92 Å². The van der Waals surface area contributed by atoms with E-state index >= 15 is 0 Å². The molecule has 1 aliphatic heterocycles. The van der Waals surface area contributed by atoms with E-state index in [0.717, 1.165) is 12.1 Å². The molecule has 150 valence electrons. The third-order valence-corrected chi connectivity index (χ3v) is 4.62. The van der Waals surface area contributed by atoms with Crippen LogP contribution in [0.15, 0.2) is 42.9 Å². The summed E-state index contributed by atoms with van der Waals surface area (Å²) in [5.74, 6) is -0.940. The molecular formula is C18H15F3N6O2. The molecule has 8 nitrogen and oxygen atoms in total. The minimum absolute atomic E-state index is 0.153. The van der Waals surface area contributed by atoms with Crippen molar-refractivity contribution in [2.24, 2.45) is 0 Å². The van der Waals surface area contributed by atoms with E-state index in [2.05, 4.69) is 20.6 Å². The van der Waals surface area contributed by atoms with Crippen LogP contribution in [0.5, 0.6) is 0 Å². The van der Waals surface area contributed by atoms with Crippen LogP contribution in [0.4, 0.5) is 24.5 Å². The molecule has 0 aliphatic carbocycles. The number of rotatable bonds is 3. The van der Waals surface area contributed by atoms with E-state index < -0.39 is 23.6 Å². The topological polar surface area (TPSA) is 95.9 Å². The number of aromatic amines is 1. The van der Waals surface area contributed by atoms with E-state index in [0.29, 0.717) is 5.69 Å². The number of fused-ring (bicyclic) bond motifs is 1. The molecule has 2 amide bonds. The highest BCUT2D eigenvalue weighted by molar-refractivity contribution is 6.13. The zero-order chi connectivity index (χ0) is 20.8. The maximum Gasteiger partial charge on any atom is 0.416 e. The second-order valence-electron chi connectivity index (χ2n) is 6.60. The number of hydrogen-bond acceptors (Lipinski definition) is 4. The number of H-pyrrole nitrogens is 1. The van der Waals surface area contributed by atoms with Crippen molar-refractivity contribution < 1.29 is 22.8 Å². The van der Waals surface area contributed by atoms with Gasteiger partial charge < -0.3 is 10.2 Å². The number of halogens is 3. The zero-order valence-electron chi connectivity index (χ0n) is 15.1. The molecule has 29 heavy (non-hydrogen) atoms. The Morgan fingerprint density at radius 3 is 2.59 bits per heavy atom. The van der Waals surface area contributed by atoms with Crippen LogP contribution in [0.3, 0.4) is 0 Å². The van der Waals surface area contributed by atoms with Gasteiger partial charge in [-0.05, 0) is 31.2 Å². The number of nitrogens with one attached hydrogen (secondary N) is 2. The zero-order valence-corrected chi connectivity index (χ0v) is 15.1. The van der Waals surface area contributed by atoms with Crippen LogP contribution in [-0.2, 0) is 6.18 Å². The summed E-state index contributed by atoms with van der Waals surface area (Å²) in [5, 5.41) is 13.0. The van der Waals surface area contributed by atoms with Gasteiger partial charge in [0.1, 0.15) is 0 Å².